The van der Waals surface area contributed by atoms with Gasteiger partial charge >= 0.3 is 0 Å². The smallest absolute Gasteiger partial charge is 0.274 e. The Kier molecular flexibility index (Phi) is 5.12. The number of methoxy groups -OCH3 is 1. The van der Waals surface area contributed by atoms with Crippen molar-refractivity contribution in [2.75, 3.05) is 17.7 Å². The standard InChI is InChI=1S/C20H20N4O2/c1-13-7-6-8-14(2)18(13)24-19(25)16-11-12-21-20(23-16)22-15-9-4-5-10-17(15)26-3/h4-12H,1-3H3,(H,24,25)(H,21,22,23). The molecule has 0 fully saturated rings. The van der Waals surface area contributed by atoms with Crippen LogP contribution in [0.25, 0.3) is 0 Å². The van der Waals surface area contributed by atoms with E-state index in [0.29, 0.717) is 11.7 Å². The highest BCUT2D eigenvalue weighted by Gasteiger charge is 2.12. The van der Waals surface area contributed by atoms with Crippen LogP contribution in [0.15, 0.2) is 54.7 Å². The maximum atomic E-state index is 12.6. The molecule has 132 valence electrons. The number of anilines is 3. The largest absolute Gasteiger partial charge is 0.495 e. The molecule has 1 amide bonds. The number of ether oxygens (including phenoxy) is 1. The van der Waals surface area contributed by atoms with Gasteiger partial charge in [-0.25, -0.2) is 9.97 Å². The Labute approximate surface area is 152 Å². The number of rotatable bonds is 5. The molecule has 0 saturated carbocycles. The lowest BCUT2D eigenvalue weighted by Crippen LogP contribution is -2.16. The molecule has 0 saturated heterocycles. The third-order valence-electron chi connectivity index (χ3n) is 3.96. The quantitative estimate of drug-likeness (QED) is 0.726. The fourth-order valence-electron chi connectivity index (χ4n) is 2.60. The van der Waals surface area contributed by atoms with E-state index in [1.807, 2.05) is 56.3 Å². The molecule has 0 aliphatic rings. The average Bonchev–Trinajstić information content (AvgIpc) is 2.65. The molecule has 6 heteroatoms. The highest BCUT2D eigenvalue weighted by Crippen LogP contribution is 2.25. The van der Waals surface area contributed by atoms with Crippen LogP contribution in [-0.4, -0.2) is 23.0 Å². The summed E-state index contributed by atoms with van der Waals surface area (Å²) in [6, 6.07) is 14.9. The average molecular weight is 348 g/mol. The summed E-state index contributed by atoms with van der Waals surface area (Å²) in [6.45, 7) is 3.91. The van der Waals surface area contributed by atoms with Crippen molar-refractivity contribution in [1.82, 2.24) is 9.97 Å². The van der Waals surface area contributed by atoms with Gasteiger partial charge in [-0.15, -0.1) is 0 Å². The van der Waals surface area contributed by atoms with Crippen molar-refractivity contribution in [2.24, 2.45) is 0 Å². The molecular weight excluding hydrogens is 328 g/mol. The summed E-state index contributed by atoms with van der Waals surface area (Å²) in [6.07, 6.45) is 1.55. The van der Waals surface area contributed by atoms with E-state index in [4.69, 9.17) is 4.74 Å². The number of amides is 1. The van der Waals surface area contributed by atoms with Crippen LogP contribution >= 0.6 is 0 Å². The second-order valence-electron chi connectivity index (χ2n) is 5.81. The monoisotopic (exact) mass is 348 g/mol. The number of para-hydroxylation sites is 3. The SMILES string of the molecule is COc1ccccc1Nc1nccc(C(=O)Nc2c(C)cccc2C)n1. The first-order valence-electron chi connectivity index (χ1n) is 8.19. The number of hydrogen-bond donors (Lipinski definition) is 2. The Morgan fingerprint density at radius 3 is 2.46 bits per heavy atom. The van der Waals surface area contributed by atoms with E-state index >= 15 is 0 Å². The maximum Gasteiger partial charge on any atom is 0.274 e. The van der Waals surface area contributed by atoms with Crippen LogP contribution in [0.2, 0.25) is 0 Å². The Bertz CT molecular complexity index is 920. The Hall–Kier alpha value is -3.41. The van der Waals surface area contributed by atoms with Crippen LogP contribution in [-0.2, 0) is 0 Å². The first-order chi connectivity index (χ1) is 12.6. The fourth-order valence-corrected chi connectivity index (χ4v) is 2.60. The Morgan fingerprint density at radius 2 is 1.73 bits per heavy atom. The van der Waals surface area contributed by atoms with Crippen LogP contribution in [0.3, 0.4) is 0 Å². The van der Waals surface area contributed by atoms with Crippen molar-refractivity contribution in [3.63, 3.8) is 0 Å². The molecule has 3 rings (SSSR count). The number of carbonyl (C=O) groups excluding carboxylic acids is 1. The van der Waals surface area contributed by atoms with Gasteiger partial charge in [-0.2, -0.15) is 0 Å². The lowest BCUT2D eigenvalue weighted by Gasteiger charge is -2.12. The first kappa shape index (κ1) is 17.4. The molecule has 0 radical (unpaired) electrons. The number of nitrogens with zero attached hydrogens (tertiary/aromatic N) is 2. The maximum absolute atomic E-state index is 12.6. The molecule has 0 unspecified atom stereocenters. The zero-order chi connectivity index (χ0) is 18.5. The summed E-state index contributed by atoms with van der Waals surface area (Å²) in [5, 5.41) is 6.00. The summed E-state index contributed by atoms with van der Waals surface area (Å²) in [5.74, 6) is 0.707. The third-order valence-corrected chi connectivity index (χ3v) is 3.96. The molecule has 0 aliphatic carbocycles. The molecule has 0 aliphatic heterocycles. The molecule has 6 nitrogen and oxygen atoms in total. The second-order valence-corrected chi connectivity index (χ2v) is 5.81. The lowest BCUT2D eigenvalue weighted by atomic mass is 10.1. The number of nitrogens with one attached hydrogen (secondary N) is 2. The minimum absolute atomic E-state index is 0.278. The van der Waals surface area contributed by atoms with E-state index < -0.39 is 0 Å². The zero-order valence-electron chi connectivity index (χ0n) is 14.9. The van der Waals surface area contributed by atoms with Gasteiger partial charge in [0.25, 0.3) is 5.91 Å². The predicted octanol–water partition coefficient (Wildman–Crippen LogP) is 4.10. The zero-order valence-corrected chi connectivity index (χ0v) is 14.9. The van der Waals surface area contributed by atoms with Gasteiger partial charge in [0.15, 0.2) is 0 Å². The summed E-state index contributed by atoms with van der Waals surface area (Å²) < 4.78 is 5.30. The Morgan fingerprint density at radius 1 is 1.00 bits per heavy atom. The van der Waals surface area contributed by atoms with E-state index in [1.54, 1.807) is 19.4 Å². The van der Waals surface area contributed by atoms with Crippen molar-refractivity contribution in [1.29, 1.82) is 0 Å². The molecule has 2 N–H and O–H groups in total. The number of hydrogen-bond acceptors (Lipinski definition) is 5. The van der Waals surface area contributed by atoms with Gasteiger partial charge in [-0.05, 0) is 43.2 Å². The molecule has 0 atom stereocenters. The number of aryl methyl sites for hydroxylation is 2. The number of carbonyl (C=O) groups is 1. The van der Waals surface area contributed by atoms with Crippen molar-refractivity contribution in [3.05, 3.63) is 71.5 Å². The predicted molar refractivity (Wildman–Crippen MR) is 102 cm³/mol. The van der Waals surface area contributed by atoms with E-state index in [2.05, 4.69) is 20.6 Å². The van der Waals surface area contributed by atoms with Crippen molar-refractivity contribution in [2.45, 2.75) is 13.8 Å². The summed E-state index contributed by atoms with van der Waals surface area (Å²) >= 11 is 0. The van der Waals surface area contributed by atoms with Gasteiger partial charge < -0.3 is 15.4 Å². The lowest BCUT2D eigenvalue weighted by molar-refractivity contribution is 0.102. The molecule has 26 heavy (non-hydrogen) atoms. The van der Waals surface area contributed by atoms with Crippen molar-refractivity contribution < 1.29 is 9.53 Å². The molecule has 2 aromatic carbocycles. The van der Waals surface area contributed by atoms with Gasteiger partial charge in [-0.3, -0.25) is 4.79 Å². The van der Waals surface area contributed by atoms with Crippen LogP contribution in [0.1, 0.15) is 21.6 Å². The van der Waals surface area contributed by atoms with E-state index in [9.17, 15) is 4.79 Å². The van der Waals surface area contributed by atoms with Gasteiger partial charge in [0.05, 0.1) is 12.8 Å². The molecule has 3 aromatic rings. The highest BCUT2D eigenvalue weighted by molar-refractivity contribution is 6.03. The summed E-state index contributed by atoms with van der Waals surface area (Å²) in [4.78, 5) is 21.1. The second kappa shape index (κ2) is 7.65. The molecular formula is C20H20N4O2. The van der Waals surface area contributed by atoms with E-state index in [-0.39, 0.29) is 11.6 Å². The van der Waals surface area contributed by atoms with Crippen LogP contribution < -0.4 is 15.4 Å². The van der Waals surface area contributed by atoms with Crippen LogP contribution in [0.4, 0.5) is 17.3 Å². The fraction of sp³-hybridized carbons (Fsp3) is 0.150. The van der Waals surface area contributed by atoms with Crippen molar-refractivity contribution in [3.8, 4) is 5.75 Å². The Balaban J connectivity index is 1.82. The van der Waals surface area contributed by atoms with Gasteiger partial charge in [0.2, 0.25) is 5.95 Å². The molecule has 0 bridgehead atoms. The number of benzene rings is 2. The van der Waals surface area contributed by atoms with E-state index in [1.165, 1.54) is 0 Å². The van der Waals surface area contributed by atoms with Gasteiger partial charge in [0.1, 0.15) is 11.4 Å². The minimum atomic E-state index is -0.284. The van der Waals surface area contributed by atoms with Crippen molar-refractivity contribution >= 4 is 23.2 Å². The highest BCUT2D eigenvalue weighted by atomic mass is 16.5. The summed E-state index contributed by atoms with van der Waals surface area (Å²) in [7, 11) is 1.59. The molecule has 0 spiro atoms. The minimum Gasteiger partial charge on any atom is -0.495 e. The first-order valence-corrected chi connectivity index (χ1v) is 8.19. The van der Waals surface area contributed by atoms with E-state index in [0.717, 1.165) is 22.5 Å². The third kappa shape index (κ3) is 3.80. The molecule has 1 aromatic heterocycles. The van der Waals surface area contributed by atoms with Crippen LogP contribution in [0.5, 0.6) is 5.75 Å². The topological polar surface area (TPSA) is 76.1 Å². The number of aromatic nitrogens is 2. The normalized spacial score (nSPS) is 10.3. The van der Waals surface area contributed by atoms with Crippen LogP contribution in [0, 0.1) is 13.8 Å². The molecule has 1 heterocycles. The summed E-state index contributed by atoms with van der Waals surface area (Å²) in [5.41, 5.74) is 3.80. The van der Waals surface area contributed by atoms with Gasteiger partial charge in [-0.1, -0.05) is 30.3 Å². The van der Waals surface area contributed by atoms with Gasteiger partial charge in [0, 0.05) is 11.9 Å².